The van der Waals surface area contributed by atoms with E-state index < -0.39 is 30.2 Å². The largest absolute Gasteiger partial charge is 0.365 e. The summed E-state index contributed by atoms with van der Waals surface area (Å²) in [5, 5.41) is 3.11. The van der Waals surface area contributed by atoms with Gasteiger partial charge in [-0.05, 0) is 31.5 Å². The highest BCUT2D eigenvalue weighted by atomic mass is 35.5. The second kappa shape index (κ2) is 6.95. The van der Waals surface area contributed by atoms with E-state index in [0.29, 0.717) is 5.56 Å². The minimum absolute atomic E-state index is 0.0860. The van der Waals surface area contributed by atoms with Gasteiger partial charge in [0.05, 0.1) is 26.7 Å². The molecule has 1 aliphatic rings. The van der Waals surface area contributed by atoms with Gasteiger partial charge in [-0.2, -0.15) is 0 Å². The fourth-order valence-electron chi connectivity index (χ4n) is 2.75. The lowest BCUT2D eigenvalue weighted by atomic mass is 10.1. The van der Waals surface area contributed by atoms with Crippen molar-refractivity contribution in [2.45, 2.75) is 13.8 Å². The molecule has 3 rings (SSSR count). The van der Waals surface area contributed by atoms with Gasteiger partial charge in [0, 0.05) is 4.88 Å². The lowest BCUT2D eigenvalue weighted by molar-refractivity contribution is -0.116. The summed E-state index contributed by atoms with van der Waals surface area (Å²) in [7, 11) is 0. The van der Waals surface area contributed by atoms with Crippen molar-refractivity contribution >= 4 is 63.2 Å². The van der Waals surface area contributed by atoms with E-state index in [-0.39, 0.29) is 31.7 Å². The molecule has 7 nitrogen and oxygen atoms in total. The minimum Gasteiger partial charge on any atom is -0.365 e. The zero-order chi connectivity index (χ0) is 20.0. The van der Waals surface area contributed by atoms with Crippen LogP contribution in [0.2, 0.25) is 10.0 Å². The third-order valence-corrected chi connectivity index (χ3v) is 6.04. The van der Waals surface area contributed by atoms with Gasteiger partial charge in [-0.3, -0.25) is 24.1 Å². The summed E-state index contributed by atoms with van der Waals surface area (Å²) in [6.07, 6.45) is 0. The number of nitrogens with two attached hydrogens (primary N) is 1. The molecule has 0 bridgehead atoms. The highest BCUT2D eigenvalue weighted by Gasteiger charge is 2.37. The molecule has 0 aliphatic carbocycles. The van der Waals surface area contributed by atoms with Crippen LogP contribution in [0.25, 0.3) is 0 Å². The monoisotopic (exact) mass is 425 g/mol. The molecule has 140 valence electrons. The van der Waals surface area contributed by atoms with Crippen molar-refractivity contribution in [3.05, 3.63) is 49.3 Å². The predicted molar refractivity (Wildman–Crippen MR) is 103 cm³/mol. The number of halogens is 2. The summed E-state index contributed by atoms with van der Waals surface area (Å²) < 4.78 is 0. The van der Waals surface area contributed by atoms with E-state index in [1.165, 1.54) is 23.5 Å². The molecule has 1 aromatic carbocycles. The van der Waals surface area contributed by atoms with Crippen LogP contribution in [0.3, 0.4) is 0 Å². The molecule has 0 saturated heterocycles. The number of nitrogens with zero attached hydrogens (tertiary/aromatic N) is 1. The zero-order valence-electron chi connectivity index (χ0n) is 14.2. The molecule has 1 aromatic heterocycles. The molecule has 27 heavy (non-hydrogen) atoms. The Morgan fingerprint density at radius 1 is 1.11 bits per heavy atom. The van der Waals surface area contributed by atoms with Gasteiger partial charge in [0.1, 0.15) is 11.5 Å². The first-order valence-electron chi connectivity index (χ1n) is 7.66. The highest BCUT2D eigenvalue weighted by molar-refractivity contribution is 7.16. The van der Waals surface area contributed by atoms with Crippen LogP contribution < -0.4 is 11.1 Å². The van der Waals surface area contributed by atoms with Crippen molar-refractivity contribution in [3.63, 3.8) is 0 Å². The lowest BCUT2D eigenvalue weighted by Gasteiger charge is -2.13. The van der Waals surface area contributed by atoms with Crippen LogP contribution in [0.15, 0.2) is 12.1 Å². The van der Waals surface area contributed by atoms with Gasteiger partial charge in [-0.1, -0.05) is 23.2 Å². The van der Waals surface area contributed by atoms with Gasteiger partial charge in [-0.15, -0.1) is 11.3 Å². The van der Waals surface area contributed by atoms with E-state index in [1.54, 1.807) is 13.8 Å². The molecular formula is C17H13Cl2N3O4S. The van der Waals surface area contributed by atoms with E-state index in [2.05, 4.69) is 5.32 Å². The van der Waals surface area contributed by atoms with Gasteiger partial charge in [0.25, 0.3) is 17.7 Å². The van der Waals surface area contributed by atoms with Gasteiger partial charge in [-0.25, -0.2) is 0 Å². The van der Waals surface area contributed by atoms with Crippen LogP contribution in [-0.4, -0.2) is 35.1 Å². The minimum atomic E-state index is -0.669. The van der Waals surface area contributed by atoms with E-state index in [0.717, 1.165) is 9.78 Å². The molecule has 0 radical (unpaired) electrons. The number of carbonyl (C=O) groups is 4. The Hall–Kier alpha value is -2.42. The van der Waals surface area contributed by atoms with Gasteiger partial charge in [0.15, 0.2) is 0 Å². The number of rotatable bonds is 4. The third-order valence-electron chi connectivity index (χ3n) is 4.20. The molecule has 0 atom stereocenters. The number of hydrogen-bond donors (Lipinski definition) is 2. The van der Waals surface area contributed by atoms with Crippen LogP contribution >= 0.6 is 34.5 Å². The number of imide groups is 1. The molecule has 0 unspecified atom stereocenters. The van der Waals surface area contributed by atoms with Gasteiger partial charge < -0.3 is 11.1 Å². The van der Waals surface area contributed by atoms with Crippen molar-refractivity contribution in [1.82, 2.24) is 4.90 Å². The molecule has 0 spiro atoms. The van der Waals surface area contributed by atoms with Gasteiger partial charge >= 0.3 is 0 Å². The number of fused-ring (bicyclic) bond motifs is 1. The van der Waals surface area contributed by atoms with Crippen molar-refractivity contribution < 1.29 is 19.2 Å². The summed E-state index contributed by atoms with van der Waals surface area (Å²) in [6, 6.07) is 2.60. The molecule has 0 saturated carbocycles. The fraction of sp³-hybridized carbons (Fsp3) is 0.176. The molecule has 3 N–H and O–H groups in total. The number of nitrogens with one attached hydrogen (secondary N) is 1. The van der Waals surface area contributed by atoms with E-state index in [1.807, 2.05) is 0 Å². The number of hydrogen-bond acceptors (Lipinski definition) is 5. The van der Waals surface area contributed by atoms with Crippen LogP contribution in [0.4, 0.5) is 5.00 Å². The fourth-order valence-corrected chi connectivity index (χ4v) is 4.16. The Bertz CT molecular complexity index is 991. The van der Waals surface area contributed by atoms with Crippen molar-refractivity contribution in [2.24, 2.45) is 5.73 Å². The Kier molecular flexibility index (Phi) is 4.98. The van der Waals surface area contributed by atoms with Crippen LogP contribution in [-0.2, 0) is 4.79 Å². The third kappa shape index (κ3) is 3.31. The maximum Gasteiger partial charge on any atom is 0.262 e. The molecule has 2 heterocycles. The first-order valence-corrected chi connectivity index (χ1v) is 9.24. The maximum absolute atomic E-state index is 12.4. The second-order valence-corrected chi connectivity index (χ2v) is 7.95. The highest BCUT2D eigenvalue weighted by Crippen LogP contribution is 2.33. The van der Waals surface area contributed by atoms with Crippen molar-refractivity contribution in [2.75, 3.05) is 11.9 Å². The quantitative estimate of drug-likeness (QED) is 0.733. The molecule has 10 heteroatoms. The average Bonchev–Trinajstić information content (AvgIpc) is 2.97. The number of carbonyl (C=O) groups excluding carboxylic acids is 4. The van der Waals surface area contributed by atoms with Crippen LogP contribution in [0, 0.1) is 13.8 Å². The number of benzene rings is 1. The standard InChI is InChI=1S/C17H13Cl2N3O4S/c1-6-7(2)27-15(13(6)14(20)24)21-12(23)5-22-16(25)8-3-10(18)11(19)4-9(8)17(22)26/h3-4H,5H2,1-2H3,(H2,20,24)(H,21,23). The molecule has 1 aliphatic heterocycles. The summed E-state index contributed by atoms with van der Waals surface area (Å²) in [5.74, 6) is -2.59. The summed E-state index contributed by atoms with van der Waals surface area (Å²) >= 11 is 13.0. The Labute approximate surface area is 168 Å². The summed E-state index contributed by atoms with van der Waals surface area (Å²) in [6.45, 7) is 2.99. The zero-order valence-corrected chi connectivity index (χ0v) is 16.5. The molecular weight excluding hydrogens is 413 g/mol. The number of amides is 4. The van der Waals surface area contributed by atoms with Crippen LogP contribution in [0.1, 0.15) is 41.5 Å². The molecule has 4 amide bonds. The smallest absolute Gasteiger partial charge is 0.262 e. The summed E-state index contributed by atoms with van der Waals surface area (Å²) in [4.78, 5) is 50.5. The molecule has 2 aromatic rings. The number of anilines is 1. The van der Waals surface area contributed by atoms with Gasteiger partial charge in [0.2, 0.25) is 5.91 Å². The van der Waals surface area contributed by atoms with E-state index in [9.17, 15) is 19.2 Å². The average molecular weight is 426 g/mol. The summed E-state index contributed by atoms with van der Waals surface area (Å²) in [5.41, 5.74) is 6.43. The van der Waals surface area contributed by atoms with E-state index in [4.69, 9.17) is 28.9 Å². The van der Waals surface area contributed by atoms with Crippen molar-refractivity contribution in [1.29, 1.82) is 0 Å². The molecule has 0 fully saturated rings. The number of aryl methyl sites for hydroxylation is 1. The normalized spacial score (nSPS) is 13.1. The SMILES string of the molecule is Cc1sc(NC(=O)CN2C(=O)c3cc(Cl)c(Cl)cc3C2=O)c(C(N)=O)c1C. The van der Waals surface area contributed by atoms with E-state index >= 15 is 0 Å². The number of thiophene rings is 1. The predicted octanol–water partition coefficient (Wildman–Crippen LogP) is 3.01. The Morgan fingerprint density at radius 2 is 1.63 bits per heavy atom. The topological polar surface area (TPSA) is 110 Å². The first kappa shape index (κ1) is 19.3. The second-order valence-electron chi connectivity index (χ2n) is 5.91. The lowest BCUT2D eigenvalue weighted by Crippen LogP contribution is -2.37. The van der Waals surface area contributed by atoms with Crippen molar-refractivity contribution in [3.8, 4) is 0 Å². The first-order chi connectivity index (χ1) is 12.6. The maximum atomic E-state index is 12.4. The van der Waals surface area contributed by atoms with Crippen LogP contribution in [0.5, 0.6) is 0 Å². The Balaban J connectivity index is 1.82. The number of primary amides is 1. The Morgan fingerprint density at radius 3 is 2.11 bits per heavy atom.